The van der Waals surface area contributed by atoms with Crippen LogP contribution in [0.5, 0.6) is 0 Å². The molecule has 11 heteroatoms. The summed E-state index contributed by atoms with van der Waals surface area (Å²) in [5.41, 5.74) is 0.151. The van der Waals surface area contributed by atoms with Gasteiger partial charge < -0.3 is 20.7 Å². The molecular formula is C10H14N6O4S. The van der Waals surface area contributed by atoms with Crippen LogP contribution in [0.2, 0.25) is 0 Å². The Morgan fingerprint density at radius 3 is 2.81 bits per heavy atom. The van der Waals surface area contributed by atoms with Crippen molar-refractivity contribution in [2.45, 2.75) is 13.0 Å². The molecule has 0 fully saturated rings. The van der Waals surface area contributed by atoms with E-state index in [0.717, 1.165) is 11.9 Å². The number of amides is 2. The Morgan fingerprint density at radius 1 is 1.52 bits per heavy atom. The fourth-order valence-electron chi connectivity index (χ4n) is 1.25. The van der Waals surface area contributed by atoms with E-state index in [1.807, 2.05) is 0 Å². The quantitative estimate of drug-likeness (QED) is 0.414. The molecular weight excluding hydrogens is 300 g/mol. The van der Waals surface area contributed by atoms with E-state index in [0.29, 0.717) is 0 Å². The SMILES string of the molecule is CNC(=O)c1[nH]cnc1N=NSCC(NC(C)=O)C(=O)O. The number of imidazole rings is 1. The number of aromatic nitrogens is 2. The largest absolute Gasteiger partial charge is 0.480 e. The summed E-state index contributed by atoms with van der Waals surface area (Å²) in [5.74, 6) is -1.92. The van der Waals surface area contributed by atoms with Crippen LogP contribution < -0.4 is 10.6 Å². The molecule has 1 aromatic rings. The summed E-state index contributed by atoms with van der Waals surface area (Å²) in [4.78, 5) is 39.6. The second kappa shape index (κ2) is 7.99. The Morgan fingerprint density at radius 2 is 2.24 bits per heavy atom. The summed E-state index contributed by atoms with van der Waals surface area (Å²) in [6.07, 6.45) is 1.29. The average molecular weight is 314 g/mol. The van der Waals surface area contributed by atoms with Crippen LogP contribution in [0.1, 0.15) is 17.4 Å². The lowest BCUT2D eigenvalue weighted by Crippen LogP contribution is -2.41. The van der Waals surface area contributed by atoms with Gasteiger partial charge in [-0.05, 0) is 0 Å². The summed E-state index contributed by atoms with van der Waals surface area (Å²) in [5, 5.41) is 17.3. The van der Waals surface area contributed by atoms with Crippen molar-refractivity contribution in [1.29, 1.82) is 0 Å². The number of carboxylic acid groups (broad SMARTS) is 1. The molecule has 0 spiro atoms. The molecule has 0 aliphatic carbocycles. The molecule has 0 radical (unpaired) electrons. The molecule has 10 nitrogen and oxygen atoms in total. The van der Waals surface area contributed by atoms with Gasteiger partial charge in [-0.1, -0.05) is 0 Å². The van der Waals surface area contributed by atoms with Gasteiger partial charge in [-0.25, -0.2) is 9.78 Å². The standard InChI is InChI=1S/C10H14N6O4S/c1-5(17)14-6(10(19)20)3-21-16-15-8-7(9(18)11-2)12-4-13-8/h4,6H,3H2,1-2H3,(H,11,18)(H,12,13)(H,14,17)(H,19,20). The molecule has 0 aliphatic rings. The van der Waals surface area contributed by atoms with E-state index in [4.69, 9.17) is 5.11 Å². The van der Waals surface area contributed by atoms with Crippen molar-refractivity contribution in [2.24, 2.45) is 9.63 Å². The first-order chi connectivity index (χ1) is 9.95. The molecule has 4 N–H and O–H groups in total. The summed E-state index contributed by atoms with van der Waals surface area (Å²) in [6, 6.07) is -1.07. The maximum absolute atomic E-state index is 11.4. The van der Waals surface area contributed by atoms with Gasteiger partial charge in [-0.15, -0.1) is 9.63 Å². The van der Waals surface area contributed by atoms with E-state index < -0.39 is 23.8 Å². The van der Waals surface area contributed by atoms with Crippen molar-refractivity contribution in [3.63, 3.8) is 0 Å². The van der Waals surface area contributed by atoms with Crippen molar-refractivity contribution in [1.82, 2.24) is 20.6 Å². The van der Waals surface area contributed by atoms with Crippen molar-refractivity contribution >= 4 is 35.5 Å². The normalized spacial score (nSPS) is 12.1. The Bertz CT molecular complexity index is 557. The minimum absolute atomic E-state index is 0.00184. The highest BCUT2D eigenvalue weighted by Crippen LogP contribution is 2.17. The fourth-order valence-corrected chi connectivity index (χ4v) is 1.83. The van der Waals surface area contributed by atoms with E-state index in [1.165, 1.54) is 20.3 Å². The molecule has 21 heavy (non-hydrogen) atoms. The van der Waals surface area contributed by atoms with Gasteiger partial charge in [0.05, 0.1) is 6.33 Å². The minimum Gasteiger partial charge on any atom is -0.480 e. The highest BCUT2D eigenvalue weighted by molar-refractivity contribution is 7.97. The summed E-state index contributed by atoms with van der Waals surface area (Å²) in [7, 11) is 1.46. The first-order valence-electron chi connectivity index (χ1n) is 5.74. The minimum atomic E-state index is -1.17. The lowest BCUT2D eigenvalue weighted by atomic mass is 10.3. The number of hydrogen-bond donors (Lipinski definition) is 4. The summed E-state index contributed by atoms with van der Waals surface area (Å²) in [6.45, 7) is 1.22. The van der Waals surface area contributed by atoms with Gasteiger partial charge in [0, 0.05) is 31.7 Å². The molecule has 1 aromatic heterocycles. The maximum Gasteiger partial charge on any atom is 0.327 e. The smallest absolute Gasteiger partial charge is 0.327 e. The number of carbonyl (C=O) groups excluding carboxylic acids is 2. The highest BCUT2D eigenvalue weighted by Gasteiger charge is 2.18. The molecule has 1 heterocycles. The third-order valence-electron chi connectivity index (χ3n) is 2.18. The molecule has 0 aliphatic heterocycles. The Labute approximate surface area is 123 Å². The van der Waals surface area contributed by atoms with E-state index in [1.54, 1.807) is 0 Å². The van der Waals surface area contributed by atoms with Crippen LogP contribution in [0.25, 0.3) is 0 Å². The molecule has 0 bridgehead atoms. The zero-order valence-corrected chi connectivity index (χ0v) is 12.1. The molecule has 0 saturated heterocycles. The summed E-state index contributed by atoms with van der Waals surface area (Å²) < 4.78 is 3.69. The van der Waals surface area contributed by atoms with E-state index in [2.05, 4.69) is 30.2 Å². The Kier molecular flexibility index (Phi) is 6.33. The molecule has 1 atom stereocenters. The number of aromatic amines is 1. The third-order valence-corrected chi connectivity index (χ3v) is 2.86. The van der Waals surface area contributed by atoms with Gasteiger partial charge in [0.15, 0.2) is 5.69 Å². The van der Waals surface area contributed by atoms with Crippen LogP contribution >= 0.6 is 11.9 Å². The number of carboxylic acids is 1. The van der Waals surface area contributed by atoms with Crippen LogP contribution in [0.15, 0.2) is 16.0 Å². The molecule has 2 amide bonds. The first kappa shape index (κ1) is 16.6. The second-order valence-corrected chi connectivity index (χ2v) is 4.50. The number of rotatable bonds is 7. The summed E-state index contributed by atoms with van der Waals surface area (Å²) >= 11 is 0.835. The molecule has 1 unspecified atom stereocenters. The fraction of sp³-hybridized carbons (Fsp3) is 0.400. The Hall–Kier alpha value is -2.43. The van der Waals surface area contributed by atoms with Gasteiger partial charge in [0.2, 0.25) is 11.7 Å². The topological polar surface area (TPSA) is 149 Å². The number of H-pyrrole nitrogens is 1. The average Bonchev–Trinajstić information content (AvgIpc) is 2.89. The molecule has 0 saturated carbocycles. The van der Waals surface area contributed by atoms with Crippen LogP contribution in [0.3, 0.4) is 0 Å². The molecule has 0 aromatic carbocycles. The maximum atomic E-state index is 11.4. The lowest BCUT2D eigenvalue weighted by Gasteiger charge is -2.10. The van der Waals surface area contributed by atoms with Crippen LogP contribution in [0.4, 0.5) is 5.82 Å². The molecule has 114 valence electrons. The van der Waals surface area contributed by atoms with E-state index in [-0.39, 0.29) is 17.3 Å². The van der Waals surface area contributed by atoms with E-state index in [9.17, 15) is 14.4 Å². The monoisotopic (exact) mass is 314 g/mol. The van der Waals surface area contributed by atoms with Gasteiger partial charge in [-0.3, -0.25) is 9.59 Å². The predicted molar refractivity (Wildman–Crippen MR) is 74.2 cm³/mol. The number of nitrogens with one attached hydrogen (secondary N) is 3. The number of hydrogen-bond acceptors (Lipinski definition) is 7. The van der Waals surface area contributed by atoms with Crippen LogP contribution in [-0.2, 0) is 9.59 Å². The Balaban J connectivity index is 2.58. The predicted octanol–water partition coefficient (Wildman–Crippen LogP) is 0.0905. The zero-order valence-electron chi connectivity index (χ0n) is 11.3. The molecule has 1 rings (SSSR count). The van der Waals surface area contributed by atoms with Gasteiger partial charge in [0.25, 0.3) is 5.91 Å². The lowest BCUT2D eigenvalue weighted by molar-refractivity contribution is -0.140. The van der Waals surface area contributed by atoms with Crippen molar-refractivity contribution in [3.8, 4) is 0 Å². The second-order valence-electron chi connectivity index (χ2n) is 3.75. The van der Waals surface area contributed by atoms with Gasteiger partial charge >= 0.3 is 5.97 Å². The van der Waals surface area contributed by atoms with Gasteiger partial charge in [0.1, 0.15) is 6.04 Å². The van der Waals surface area contributed by atoms with Crippen LogP contribution in [0, 0.1) is 0 Å². The van der Waals surface area contributed by atoms with Crippen molar-refractivity contribution in [3.05, 3.63) is 12.0 Å². The van der Waals surface area contributed by atoms with Crippen molar-refractivity contribution < 1.29 is 19.5 Å². The number of nitrogens with zero attached hydrogens (tertiary/aromatic N) is 3. The van der Waals surface area contributed by atoms with Crippen molar-refractivity contribution in [2.75, 3.05) is 12.8 Å². The third kappa shape index (κ3) is 5.22. The number of carbonyl (C=O) groups is 3. The van der Waals surface area contributed by atoms with Crippen LogP contribution in [-0.4, -0.2) is 51.7 Å². The highest BCUT2D eigenvalue weighted by atomic mass is 32.2. The van der Waals surface area contributed by atoms with Gasteiger partial charge in [-0.2, -0.15) is 0 Å². The zero-order chi connectivity index (χ0) is 15.8. The van der Waals surface area contributed by atoms with E-state index >= 15 is 0 Å². The first-order valence-corrected chi connectivity index (χ1v) is 6.68. The number of aliphatic carboxylic acids is 1.